The number of aryl methyl sites for hydroxylation is 3. The van der Waals surface area contributed by atoms with Gasteiger partial charge in [-0.3, -0.25) is 14.7 Å². The van der Waals surface area contributed by atoms with Crippen LogP contribution in [0.15, 0.2) is 46.8 Å². The number of nitrogens with one attached hydrogen (secondary N) is 1. The molecule has 4 rings (SSSR count). The molecule has 0 atom stereocenters. The summed E-state index contributed by atoms with van der Waals surface area (Å²) in [4.78, 5) is 30.6. The minimum absolute atomic E-state index is 0.172. The predicted octanol–water partition coefficient (Wildman–Crippen LogP) is 4.26. The molecule has 214 valence electrons. The molecule has 0 saturated carbocycles. The summed E-state index contributed by atoms with van der Waals surface area (Å²) in [6.45, 7) is 6.31. The molecule has 0 aromatic heterocycles. The lowest BCUT2D eigenvalue weighted by atomic mass is 9.89. The maximum Gasteiger partial charge on any atom is 0.318 e. The van der Waals surface area contributed by atoms with Crippen LogP contribution in [0.25, 0.3) is 6.08 Å². The van der Waals surface area contributed by atoms with E-state index in [1.165, 1.54) is 33.0 Å². The third-order valence-corrected chi connectivity index (χ3v) is 9.45. The van der Waals surface area contributed by atoms with Gasteiger partial charge in [0.2, 0.25) is 10.0 Å². The van der Waals surface area contributed by atoms with Crippen molar-refractivity contribution in [3.63, 3.8) is 0 Å². The van der Waals surface area contributed by atoms with Crippen molar-refractivity contribution in [1.82, 2.24) is 9.62 Å². The highest BCUT2D eigenvalue weighted by molar-refractivity contribution is 7.92. The van der Waals surface area contributed by atoms with Gasteiger partial charge in [-0.15, -0.1) is 0 Å². The van der Waals surface area contributed by atoms with Crippen LogP contribution in [0.3, 0.4) is 0 Å². The van der Waals surface area contributed by atoms with Crippen molar-refractivity contribution < 1.29 is 18.0 Å². The molecule has 0 unspecified atom stereocenters. The van der Waals surface area contributed by atoms with Crippen molar-refractivity contribution in [3.05, 3.63) is 69.6 Å². The molecule has 2 heterocycles. The van der Waals surface area contributed by atoms with Crippen LogP contribution >= 0.6 is 0 Å². The summed E-state index contributed by atoms with van der Waals surface area (Å²) >= 11 is 0. The molecule has 2 aromatic carbocycles. The van der Waals surface area contributed by atoms with Crippen LogP contribution in [0.1, 0.15) is 66.8 Å². The average Bonchev–Trinajstić information content (AvgIpc) is 3.23. The molecule has 1 fully saturated rings. The monoisotopic (exact) mass is 565 g/mol. The van der Waals surface area contributed by atoms with E-state index < -0.39 is 21.6 Å². The number of carbonyl (C=O) groups excluding carboxylic acids is 2. The van der Waals surface area contributed by atoms with Crippen LogP contribution in [0.5, 0.6) is 0 Å². The molecule has 10 heteroatoms. The number of unbranched alkanes of at least 4 members (excludes halogenated alkanes) is 2. The molecule has 3 amide bonds. The number of hydrogen-bond acceptors (Lipinski definition) is 5. The number of aliphatic imine (C=N–C) groups is 1. The maximum absolute atomic E-state index is 13.2. The van der Waals surface area contributed by atoms with E-state index in [0.717, 1.165) is 35.1 Å². The van der Waals surface area contributed by atoms with Crippen LogP contribution in [-0.2, 0) is 21.2 Å². The van der Waals surface area contributed by atoms with Crippen molar-refractivity contribution in [2.75, 3.05) is 25.0 Å². The number of sulfonamides is 1. The van der Waals surface area contributed by atoms with Gasteiger partial charge in [0.25, 0.3) is 5.91 Å². The number of rotatable bonds is 9. The molecule has 2 aliphatic rings. The van der Waals surface area contributed by atoms with Crippen molar-refractivity contribution in [2.45, 2.75) is 64.8 Å². The van der Waals surface area contributed by atoms with E-state index in [4.69, 9.17) is 10.7 Å². The number of amides is 3. The molecule has 2 aliphatic heterocycles. The largest absolute Gasteiger partial charge is 0.351 e. The second-order valence-electron chi connectivity index (χ2n) is 10.7. The first-order chi connectivity index (χ1) is 19.0. The fraction of sp³-hybridized carbons (Fsp3) is 0.433. The van der Waals surface area contributed by atoms with Crippen molar-refractivity contribution in [3.8, 4) is 0 Å². The summed E-state index contributed by atoms with van der Waals surface area (Å²) in [5.74, 6) is 0.382. The lowest BCUT2D eigenvalue weighted by Gasteiger charge is -2.34. The Kier molecular flexibility index (Phi) is 8.80. The van der Waals surface area contributed by atoms with Crippen LogP contribution in [0.2, 0.25) is 0 Å². The molecule has 0 bridgehead atoms. The van der Waals surface area contributed by atoms with Crippen molar-refractivity contribution in [1.29, 1.82) is 0 Å². The normalized spacial score (nSPS) is 17.3. The second-order valence-corrected chi connectivity index (χ2v) is 12.6. The molecular formula is C30H39N5O4S. The molecule has 1 saturated heterocycles. The van der Waals surface area contributed by atoms with Crippen LogP contribution in [-0.4, -0.2) is 56.2 Å². The SMILES string of the molecule is CCCCCc1ccc(C2=NC3(CCN(S(=O)(=O)C=Cc4c(C)cc(N(C)C(N)=O)cc4C)CC3)C(=O)N2)cc1. The zero-order valence-electron chi connectivity index (χ0n) is 23.7. The third kappa shape index (κ3) is 6.28. The minimum atomic E-state index is -3.71. The maximum atomic E-state index is 13.2. The minimum Gasteiger partial charge on any atom is -0.351 e. The van der Waals surface area contributed by atoms with Crippen LogP contribution in [0.4, 0.5) is 10.5 Å². The van der Waals surface area contributed by atoms with Gasteiger partial charge in [0.05, 0.1) is 0 Å². The van der Waals surface area contributed by atoms with Crippen molar-refractivity contribution >= 4 is 39.6 Å². The van der Waals surface area contributed by atoms with E-state index in [1.807, 2.05) is 26.0 Å². The first-order valence-corrected chi connectivity index (χ1v) is 15.3. The lowest BCUT2D eigenvalue weighted by Crippen LogP contribution is -2.50. The van der Waals surface area contributed by atoms with E-state index in [9.17, 15) is 18.0 Å². The summed E-state index contributed by atoms with van der Waals surface area (Å²) in [6.07, 6.45) is 6.80. The Balaban J connectivity index is 1.43. The average molecular weight is 566 g/mol. The Morgan fingerprint density at radius 2 is 1.75 bits per heavy atom. The highest BCUT2D eigenvalue weighted by Gasteiger charge is 2.47. The number of hydrogen-bond donors (Lipinski definition) is 2. The van der Waals surface area contributed by atoms with E-state index in [1.54, 1.807) is 25.3 Å². The van der Waals surface area contributed by atoms with Gasteiger partial charge in [-0.25, -0.2) is 13.2 Å². The van der Waals surface area contributed by atoms with Crippen LogP contribution in [0, 0.1) is 13.8 Å². The molecule has 3 N–H and O–H groups in total. The van der Waals surface area contributed by atoms with Gasteiger partial charge in [0, 0.05) is 36.8 Å². The standard InChI is InChI=1S/C30H39N5O4S/c1-5-6-7-8-23-9-11-24(12-10-23)27-32-28(36)30(33-27)14-16-35(17-15-30)40(38,39)18-13-26-21(2)19-25(20-22(26)3)34(4)29(31)37/h9-13,18-20H,5-8,14-17H2,1-4H3,(H2,31,37)(H,32,33,36). The summed E-state index contributed by atoms with van der Waals surface area (Å²) < 4.78 is 27.8. The number of carbonyl (C=O) groups is 2. The fourth-order valence-electron chi connectivity index (χ4n) is 5.29. The Labute approximate surface area is 237 Å². The number of primary amides is 1. The predicted molar refractivity (Wildman–Crippen MR) is 160 cm³/mol. The number of nitrogens with zero attached hydrogens (tertiary/aromatic N) is 3. The van der Waals surface area contributed by atoms with E-state index in [0.29, 0.717) is 24.4 Å². The zero-order valence-corrected chi connectivity index (χ0v) is 24.6. The number of amidine groups is 1. The first kappa shape index (κ1) is 29.5. The van der Waals surface area contributed by atoms with Gasteiger partial charge in [-0.2, -0.15) is 4.31 Å². The van der Waals surface area contributed by atoms with Gasteiger partial charge < -0.3 is 11.1 Å². The summed E-state index contributed by atoms with van der Waals surface area (Å²) in [6, 6.07) is 11.2. The fourth-order valence-corrected chi connectivity index (χ4v) is 6.46. The molecule has 9 nitrogen and oxygen atoms in total. The molecular weight excluding hydrogens is 526 g/mol. The third-order valence-electron chi connectivity index (χ3n) is 7.89. The zero-order chi connectivity index (χ0) is 29.1. The second kappa shape index (κ2) is 11.9. The molecule has 40 heavy (non-hydrogen) atoms. The molecule has 0 radical (unpaired) electrons. The molecule has 1 spiro atoms. The summed E-state index contributed by atoms with van der Waals surface area (Å²) in [7, 11) is -2.13. The highest BCUT2D eigenvalue weighted by atomic mass is 32.2. The molecule has 2 aromatic rings. The van der Waals surface area contributed by atoms with Crippen LogP contribution < -0.4 is 16.0 Å². The lowest BCUT2D eigenvalue weighted by molar-refractivity contribution is -0.124. The Morgan fingerprint density at radius 3 is 2.33 bits per heavy atom. The number of anilines is 1. The first-order valence-electron chi connectivity index (χ1n) is 13.8. The Morgan fingerprint density at radius 1 is 1.12 bits per heavy atom. The van der Waals surface area contributed by atoms with Crippen molar-refractivity contribution in [2.24, 2.45) is 10.7 Å². The highest BCUT2D eigenvalue weighted by Crippen LogP contribution is 2.33. The van der Waals surface area contributed by atoms with Gasteiger partial charge in [-0.05, 0) is 80.0 Å². The number of nitrogens with two attached hydrogens (primary N) is 1. The quantitative estimate of drug-likeness (QED) is 0.441. The summed E-state index contributed by atoms with van der Waals surface area (Å²) in [5.41, 5.74) is 9.61. The summed E-state index contributed by atoms with van der Waals surface area (Å²) in [5, 5.41) is 4.14. The van der Waals surface area contributed by atoms with E-state index in [-0.39, 0.29) is 19.0 Å². The van der Waals surface area contributed by atoms with E-state index >= 15 is 0 Å². The Bertz CT molecular complexity index is 1420. The van der Waals surface area contributed by atoms with Gasteiger partial charge in [0.1, 0.15) is 11.4 Å². The van der Waals surface area contributed by atoms with Gasteiger partial charge in [0.15, 0.2) is 0 Å². The number of piperidine rings is 1. The number of benzene rings is 2. The molecule has 0 aliphatic carbocycles. The topological polar surface area (TPSA) is 125 Å². The smallest absolute Gasteiger partial charge is 0.318 e. The van der Waals surface area contributed by atoms with E-state index in [2.05, 4.69) is 24.4 Å². The van der Waals surface area contributed by atoms with Gasteiger partial charge in [-0.1, -0.05) is 44.0 Å². The number of urea groups is 1. The van der Waals surface area contributed by atoms with Gasteiger partial charge >= 0.3 is 6.03 Å². The Hall–Kier alpha value is -3.50.